The largest absolute Gasteiger partial charge is 0.350 e. The highest BCUT2D eigenvalue weighted by atomic mass is 16.2. The number of nitrogens with zero attached hydrogens (tertiary/aromatic N) is 5. The number of amides is 1. The second kappa shape index (κ2) is 9.63. The number of rotatable bonds is 7. The maximum atomic E-state index is 12.2. The van der Waals surface area contributed by atoms with Gasteiger partial charge in [-0.15, -0.1) is 10.2 Å². The Bertz CT molecular complexity index is 958. The van der Waals surface area contributed by atoms with Crippen molar-refractivity contribution >= 4 is 5.91 Å². The predicted octanol–water partition coefficient (Wildman–Crippen LogP) is 2.95. The van der Waals surface area contributed by atoms with E-state index < -0.39 is 0 Å². The van der Waals surface area contributed by atoms with Crippen LogP contribution < -0.4 is 5.32 Å². The van der Waals surface area contributed by atoms with Gasteiger partial charge < -0.3 is 5.32 Å². The minimum atomic E-state index is -0.142. The number of aromatic nitrogens is 4. The summed E-state index contributed by atoms with van der Waals surface area (Å²) >= 11 is 0. The van der Waals surface area contributed by atoms with Crippen LogP contribution in [0, 0.1) is 6.92 Å². The smallest absolute Gasteiger partial charge is 0.243 e. The third kappa shape index (κ3) is 5.51. The number of aryl methyl sites for hydroxylation is 1. The lowest BCUT2D eigenvalue weighted by Crippen LogP contribution is -2.29. The number of nitrogens with one attached hydrogen (secondary N) is 1. The van der Waals surface area contributed by atoms with Crippen molar-refractivity contribution in [3.63, 3.8) is 0 Å². The average molecular weight is 405 g/mol. The van der Waals surface area contributed by atoms with Crippen LogP contribution in [0.3, 0.4) is 0 Å². The van der Waals surface area contributed by atoms with Crippen LogP contribution >= 0.6 is 0 Å². The van der Waals surface area contributed by atoms with Crippen LogP contribution in [0.15, 0.2) is 48.5 Å². The molecule has 4 rings (SSSR count). The van der Waals surface area contributed by atoms with Gasteiger partial charge in [-0.1, -0.05) is 60.5 Å². The molecule has 0 atom stereocenters. The highest BCUT2D eigenvalue weighted by molar-refractivity contribution is 5.75. The second-order valence-corrected chi connectivity index (χ2v) is 7.94. The summed E-state index contributed by atoms with van der Waals surface area (Å²) in [7, 11) is 0. The van der Waals surface area contributed by atoms with Gasteiger partial charge in [-0.3, -0.25) is 9.69 Å². The Morgan fingerprint density at radius 1 is 0.967 bits per heavy atom. The lowest BCUT2D eigenvalue weighted by atomic mass is 10.1. The number of carbonyl (C=O) groups excluding carboxylic acids is 1. The van der Waals surface area contributed by atoms with E-state index in [1.54, 1.807) is 0 Å². The monoisotopic (exact) mass is 404 g/mol. The number of hydrogen-bond donors (Lipinski definition) is 1. The lowest BCUT2D eigenvalue weighted by molar-refractivity contribution is -0.122. The third-order valence-electron chi connectivity index (χ3n) is 5.42. The van der Waals surface area contributed by atoms with Crippen molar-refractivity contribution in [2.75, 3.05) is 13.1 Å². The van der Waals surface area contributed by atoms with Crippen LogP contribution in [0.1, 0.15) is 36.0 Å². The maximum Gasteiger partial charge on any atom is 0.243 e. The first-order chi connectivity index (χ1) is 14.7. The molecule has 30 heavy (non-hydrogen) atoms. The summed E-state index contributed by atoms with van der Waals surface area (Å²) < 4.78 is 0. The lowest BCUT2D eigenvalue weighted by Gasteiger charge is -2.26. The second-order valence-electron chi connectivity index (χ2n) is 7.94. The molecule has 0 unspecified atom stereocenters. The Kier molecular flexibility index (Phi) is 6.49. The molecule has 1 N–H and O–H groups in total. The van der Waals surface area contributed by atoms with E-state index in [4.69, 9.17) is 0 Å². The molecular formula is C23H28N6O. The zero-order valence-corrected chi connectivity index (χ0v) is 17.4. The van der Waals surface area contributed by atoms with Crippen molar-refractivity contribution in [3.05, 3.63) is 65.2 Å². The molecule has 1 fully saturated rings. The molecule has 7 heteroatoms. The molecule has 1 aromatic heterocycles. The van der Waals surface area contributed by atoms with Crippen LogP contribution in [0.4, 0.5) is 0 Å². The van der Waals surface area contributed by atoms with Crippen molar-refractivity contribution < 1.29 is 4.79 Å². The molecule has 1 amide bonds. The molecule has 0 spiro atoms. The van der Waals surface area contributed by atoms with E-state index in [1.165, 1.54) is 48.3 Å². The van der Waals surface area contributed by atoms with Gasteiger partial charge >= 0.3 is 0 Å². The number of hydrogen-bond acceptors (Lipinski definition) is 5. The van der Waals surface area contributed by atoms with Gasteiger partial charge in [-0.05, 0) is 49.2 Å². The van der Waals surface area contributed by atoms with E-state index in [1.807, 2.05) is 43.3 Å². The van der Waals surface area contributed by atoms with Crippen molar-refractivity contribution in [2.45, 2.75) is 45.8 Å². The molecule has 0 bridgehead atoms. The molecular weight excluding hydrogens is 376 g/mol. The van der Waals surface area contributed by atoms with Gasteiger partial charge in [0.25, 0.3) is 0 Å². The Balaban J connectivity index is 1.29. The first kappa shape index (κ1) is 20.2. The summed E-state index contributed by atoms with van der Waals surface area (Å²) in [6, 6.07) is 16.4. The maximum absolute atomic E-state index is 12.2. The normalized spacial score (nSPS) is 14.6. The van der Waals surface area contributed by atoms with E-state index >= 15 is 0 Å². The fourth-order valence-electron chi connectivity index (χ4n) is 3.65. The molecule has 2 heterocycles. The summed E-state index contributed by atoms with van der Waals surface area (Å²) in [5.74, 6) is 0.391. The Morgan fingerprint density at radius 3 is 2.40 bits per heavy atom. The van der Waals surface area contributed by atoms with Crippen molar-refractivity contribution in [1.82, 2.24) is 30.4 Å². The summed E-state index contributed by atoms with van der Waals surface area (Å²) in [6.45, 7) is 5.93. The van der Waals surface area contributed by atoms with E-state index in [2.05, 4.69) is 37.8 Å². The molecule has 2 aromatic carbocycles. The van der Waals surface area contributed by atoms with Gasteiger partial charge in [-0.2, -0.15) is 4.80 Å². The fourth-order valence-corrected chi connectivity index (χ4v) is 3.65. The summed E-state index contributed by atoms with van der Waals surface area (Å²) in [5, 5.41) is 15.4. The fraction of sp³-hybridized carbons (Fsp3) is 0.391. The number of piperidine rings is 1. The van der Waals surface area contributed by atoms with E-state index in [9.17, 15) is 4.79 Å². The zero-order valence-electron chi connectivity index (χ0n) is 17.4. The summed E-state index contributed by atoms with van der Waals surface area (Å²) in [6.07, 6.45) is 3.94. The summed E-state index contributed by atoms with van der Waals surface area (Å²) in [5.41, 5.74) is 4.46. The van der Waals surface area contributed by atoms with Crippen molar-refractivity contribution in [3.8, 4) is 11.4 Å². The first-order valence-electron chi connectivity index (χ1n) is 10.6. The summed E-state index contributed by atoms with van der Waals surface area (Å²) in [4.78, 5) is 16.0. The first-order valence-corrected chi connectivity index (χ1v) is 10.6. The van der Waals surface area contributed by atoms with Crippen molar-refractivity contribution in [2.24, 2.45) is 0 Å². The molecule has 0 aliphatic carbocycles. The molecule has 1 aliphatic rings. The predicted molar refractivity (Wildman–Crippen MR) is 115 cm³/mol. The quantitative estimate of drug-likeness (QED) is 0.655. The van der Waals surface area contributed by atoms with Gasteiger partial charge in [0.05, 0.1) is 0 Å². The van der Waals surface area contributed by atoms with Gasteiger partial charge in [-0.25, -0.2) is 0 Å². The molecule has 1 aliphatic heterocycles. The van der Waals surface area contributed by atoms with E-state index in [-0.39, 0.29) is 12.5 Å². The number of benzene rings is 2. The van der Waals surface area contributed by atoms with Gasteiger partial charge in [0, 0.05) is 18.7 Å². The highest BCUT2D eigenvalue weighted by Crippen LogP contribution is 2.17. The minimum absolute atomic E-state index is 0.0475. The van der Waals surface area contributed by atoms with Crippen LogP contribution in [0.2, 0.25) is 0 Å². The van der Waals surface area contributed by atoms with Crippen LogP contribution in [-0.2, 0) is 24.4 Å². The van der Waals surface area contributed by atoms with Crippen molar-refractivity contribution in [1.29, 1.82) is 0 Å². The van der Waals surface area contributed by atoms with Gasteiger partial charge in [0.1, 0.15) is 6.54 Å². The molecule has 7 nitrogen and oxygen atoms in total. The minimum Gasteiger partial charge on any atom is -0.350 e. The third-order valence-corrected chi connectivity index (χ3v) is 5.42. The Labute approximate surface area is 177 Å². The average Bonchev–Trinajstić information content (AvgIpc) is 3.23. The highest BCUT2D eigenvalue weighted by Gasteiger charge is 2.12. The molecule has 156 valence electrons. The topological polar surface area (TPSA) is 75.9 Å². The number of carbonyl (C=O) groups is 1. The van der Waals surface area contributed by atoms with E-state index in [0.717, 1.165) is 17.7 Å². The van der Waals surface area contributed by atoms with Gasteiger partial charge in [0.2, 0.25) is 11.7 Å². The number of likely N-dealkylation sites (tertiary alicyclic amines) is 1. The van der Waals surface area contributed by atoms with Crippen LogP contribution in [-0.4, -0.2) is 44.1 Å². The zero-order chi connectivity index (χ0) is 20.8. The SMILES string of the molecule is Cc1ccc(CNC(=O)Cn2nnc(-c3ccc(CN4CCCCC4)cc3)n2)cc1. The van der Waals surface area contributed by atoms with Crippen LogP contribution in [0.25, 0.3) is 11.4 Å². The van der Waals surface area contributed by atoms with Crippen LogP contribution in [0.5, 0.6) is 0 Å². The van der Waals surface area contributed by atoms with E-state index in [0.29, 0.717) is 12.4 Å². The molecule has 1 saturated heterocycles. The number of tetrazole rings is 1. The Hall–Kier alpha value is -3.06. The molecule has 3 aromatic rings. The standard InChI is InChI=1S/C23H28N6O/c1-18-5-7-19(8-6-18)15-24-22(30)17-29-26-23(25-27-29)21-11-9-20(10-12-21)16-28-13-3-2-4-14-28/h5-12H,2-4,13-17H2,1H3,(H,24,30). The molecule has 0 saturated carbocycles. The molecule has 0 radical (unpaired) electrons. The van der Waals surface area contributed by atoms with Gasteiger partial charge in [0.15, 0.2) is 0 Å². The Morgan fingerprint density at radius 2 is 1.67 bits per heavy atom.